The lowest BCUT2D eigenvalue weighted by Gasteiger charge is -2.14. The first-order valence-corrected chi connectivity index (χ1v) is 11.0. The third-order valence-electron chi connectivity index (χ3n) is 4.39. The summed E-state index contributed by atoms with van der Waals surface area (Å²) in [6, 6.07) is 17.5. The van der Waals surface area contributed by atoms with Gasteiger partial charge < -0.3 is 14.9 Å². The van der Waals surface area contributed by atoms with Crippen molar-refractivity contribution in [2.24, 2.45) is 5.10 Å². The van der Waals surface area contributed by atoms with Crippen LogP contribution in [-0.4, -0.2) is 17.7 Å². The van der Waals surface area contributed by atoms with Crippen molar-refractivity contribution >= 4 is 39.4 Å². The number of hydrogen-bond acceptors (Lipinski definition) is 6. The highest BCUT2D eigenvalue weighted by Crippen LogP contribution is 2.37. The highest BCUT2D eigenvalue weighted by Gasteiger charge is 2.13. The molecule has 0 heterocycles. The summed E-state index contributed by atoms with van der Waals surface area (Å²) in [5, 5.41) is 15.7. The molecule has 32 heavy (non-hydrogen) atoms. The lowest BCUT2D eigenvalue weighted by molar-refractivity contribution is -0.384. The maximum Gasteiger partial charge on any atom is 0.269 e. The number of ether oxygens (including phenoxy) is 2. The van der Waals surface area contributed by atoms with Gasteiger partial charge in [-0.1, -0.05) is 29.8 Å². The molecule has 0 saturated carbocycles. The Morgan fingerprint density at radius 2 is 1.91 bits per heavy atom. The van der Waals surface area contributed by atoms with E-state index in [0.717, 1.165) is 16.7 Å². The lowest BCUT2D eigenvalue weighted by Crippen LogP contribution is -2.06. The van der Waals surface area contributed by atoms with Crippen LogP contribution in [0.1, 0.15) is 23.6 Å². The van der Waals surface area contributed by atoms with Crippen LogP contribution in [0, 0.1) is 10.1 Å². The van der Waals surface area contributed by atoms with Gasteiger partial charge in [0.15, 0.2) is 11.5 Å². The average Bonchev–Trinajstić information content (AvgIpc) is 2.78. The van der Waals surface area contributed by atoms with Crippen LogP contribution < -0.4 is 14.9 Å². The van der Waals surface area contributed by atoms with Crippen molar-refractivity contribution in [3.63, 3.8) is 0 Å². The van der Waals surface area contributed by atoms with E-state index in [2.05, 4.69) is 26.5 Å². The van der Waals surface area contributed by atoms with Crippen LogP contribution in [0.2, 0.25) is 5.02 Å². The van der Waals surface area contributed by atoms with Crippen LogP contribution in [0.3, 0.4) is 0 Å². The fourth-order valence-corrected chi connectivity index (χ4v) is 3.60. The average molecular weight is 519 g/mol. The first-order valence-electron chi connectivity index (χ1n) is 9.79. The second-order valence-electron chi connectivity index (χ2n) is 6.66. The Morgan fingerprint density at radius 1 is 1.16 bits per heavy atom. The predicted octanol–water partition coefficient (Wildman–Crippen LogP) is 6.11. The third-order valence-corrected chi connectivity index (χ3v) is 5.35. The number of rotatable bonds is 10. The molecule has 166 valence electrons. The van der Waals surface area contributed by atoms with Gasteiger partial charge >= 0.3 is 0 Å². The lowest BCUT2D eigenvalue weighted by atomic mass is 10.2. The molecule has 0 radical (unpaired) electrons. The zero-order valence-electron chi connectivity index (χ0n) is 17.3. The third kappa shape index (κ3) is 6.45. The van der Waals surface area contributed by atoms with E-state index in [1.165, 1.54) is 12.1 Å². The molecule has 3 aromatic rings. The van der Waals surface area contributed by atoms with Gasteiger partial charge in [0, 0.05) is 17.2 Å². The quantitative estimate of drug-likeness (QED) is 0.199. The van der Waals surface area contributed by atoms with E-state index in [4.69, 9.17) is 21.1 Å². The van der Waals surface area contributed by atoms with Crippen LogP contribution in [0.15, 0.2) is 70.2 Å². The van der Waals surface area contributed by atoms with Crippen molar-refractivity contribution in [3.8, 4) is 11.5 Å². The van der Waals surface area contributed by atoms with Crippen molar-refractivity contribution in [1.29, 1.82) is 0 Å². The number of benzene rings is 3. The van der Waals surface area contributed by atoms with Crippen molar-refractivity contribution in [1.82, 2.24) is 5.43 Å². The minimum atomic E-state index is -0.433. The van der Waals surface area contributed by atoms with E-state index < -0.39 is 4.92 Å². The maximum atomic E-state index is 10.8. The molecule has 3 aromatic carbocycles. The number of hydrazone groups is 1. The standard InChI is InChI=1S/C23H21BrClN3O4/c1-2-31-22-12-17(13-26-27-14-18-5-3-4-6-21(18)25)11-20(24)23(22)32-15-16-7-9-19(10-8-16)28(29)30/h3-13,27H,2,14-15H2,1H3/b26-13-. The van der Waals surface area contributed by atoms with Crippen LogP contribution in [0.25, 0.3) is 0 Å². The summed E-state index contributed by atoms with van der Waals surface area (Å²) >= 11 is 9.68. The summed E-state index contributed by atoms with van der Waals surface area (Å²) in [6.45, 7) is 3.10. The summed E-state index contributed by atoms with van der Waals surface area (Å²) in [5.74, 6) is 1.11. The number of halogens is 2. The number of nitro benzene ring substituents is 1. The largest absolute Gasteiger partial charge is 0.490 e. The van der Waals surface area contributed by atoms with Gasteiger partial charge in [-0.15, -0.1) is 0 Å². The number of nitro groups is 1. The minimum absolute atomic E-state index is 0.0386. The Balaban J connectivity index is 1.68. The summed E-state index contributed by atoms with van der Waals surface area (Å²) in [5.41, 5.74) is 5.60. The van der Waals surface area contributed by atoms with Gasteiger partial charge in [0.25, 0.3) is 5.69 Å². The highest BCUT2D eigenvalue weighted by molar-refractivity contribution is 9.10. The van der Waals surface area contributed by atoms with Gasteiger partial charge in [0.2, 0.25) is 0 Å². The first-order chi connectivity index (χ1) is 15.5. The van der Waals surface area contributed by atoms with Crippen LogP contribution in [-0.2, 0) is 13.2 Å². The molecule has 3 rings (SSSR count). The topological polar surface area (TPSA) is 86.0 Å². The fourth-order valence-electron chi connectivity index (χ4n) is 2.83. The van der Waals surface area contributed by atoms with Gasteiger partial charge in [-0.3, -0.25) is 10.1 Å². The SMILES string of the molecule is CCOc1cc(/C=N\NCc2ccccc2Cl)cc(Br)c1OCc1ccc([N+](=O)[O-])cc1. The summed E-state index contributed by atoms with van der Waals surface area (Å²) in [4.78, 5) is 10.4. The molecule has 0 aromatic heterocycles. The Morgan fingerprint density at radius 3 is 2.59 bits per heavy atom. The number of hydrogen-bond donors (Lipinski definition) is 1. The Kier molecular flexibility index (Phi) is 8.47. The molecule has 0 atom stereocenters. The fraction of sp³-hybridized carbons (Fsp3) is 0.174. The zero-order valence-corrected chi connectivity index (χ0v) is 19.6. The monoisotopic (exact) mass is 517 g/mol. The molecule has 0 bridgehead atoms. The molecular weight excluding hydrogens is 498 g/mol. The Hall–Kier alpha value is -3.10. The number of nitrogens with zero attached hydrogens (tertiary/aromatic N) is 2. The predicted molar refractivity (Wildman–Crippen MR) is 129 cm³/mol. The van der Waals surface area contributed by atoms with Crippen molar-refractivity contribution in [2.45, 2.75) is 20.1 Å². The van der Waals surface area contributed by atoms with Gasteiger partial charge in [0.05, 0.1) is 28.8 Å². The Labute approximate surface area is 199 Å². The van der Waals surface area contributed by atoms with Gasteiger partial charge in [-0.2, -0.15) is 5.10 Å². The summed E-state index contributed by atoms with van der Waals surface area (Å²) in [7, 11) is 0. The molecule has 0 aliphatic heterocycles. The van der Waals surface area contributed by atoms with E-state index in [1.807, 2.05) is 43.3 Å². The molecule has 0 aliphatic carbocycles. The van der Waals surface area contributed by atoms with Gasteiger partial charge in [-0.05, 0) is 69.9 Å². The molecule has 0 aliphatic rings. The normalized spacial score (nSPS) is 10.8. The second-order valence-corrected chi connectivity index (χ2v) is 7.92. The van der Waals surface area contributed by atoms with Gasteiger partial charge in [-0.25, -0.2) is 0 Å². The maximum absolute atomic E-state index is 10.8. The molecule has 0 amide bonds. The molecular formula is C23H21BrClN3O4. The Bertz CT molecular complexity index is 1110. The smallest absolute Gasteiger partial charge is 0.269 e. The molecule has 9 heteroatoms. The van der Waals surface area contributed by atoms with Crippen LogP contribution in [0.4, 0.5) is 5.69 Å². The van der Waals surface area contributed by atoms with Crippen molar-refractivity contribution < 1.29 is 14.4 Å². The van der Waals surface area contributed by atoms with E-state index in [-0.39, 0.29) is 12.3 Å². The van der Waals surface area contributed by atoms with Crippen LogP contribution >= 0.6 is 27.5 Å². The molecule has 7 nitrogen and oxygen atoms in total. The summed E-state index contributed by atoms with van der Waals surface area (Å²) in [6.07, 6.45) is 1.68. The minimum Gasteiger partial charge on any atom is -0.490 e. The molecule has 0 spiro atoms. The first kappa shape index (κ1) is 23.6. The van der Waals surface area contributed by atoms with Crippen molar-refractivity contribution in [2.75, 3.05) is 6.61 Å². The molecule has 0 fully saturated rings. The van der Waals surface area contributed by atoms with Crippen molar-refractivity contribution in [3.05, 3.63) is 97.0 Å². The van der Waals surface area contributed by atoms with E-state index in [1.54, 1.807) is 18.3 Å². The highest BCUT2D eigenvalue weighted by atomic mass is 79.9. The van der Waals surface area contributed by atoms with E-state index in [0.29, 0.717) is 34.1 Å². The summed E-state index contributed by atoms with van der Waals surface area (Å²) < 4.78 is 12.4. The van der Waals surface area contributed by atoms with E-state index >= 15 is 0 Å². The zero-order chi connectivity index (χ0) is 22.9. The number of non-ortho nitro benzene ring substituents is 1. The van der Waals surface area contributed by atoms with Crippen LogP contribution in [0.5, 0.6) is 11.5 Å². The molecule has 0 saturated heterocycles. The van der Waals surface area contributed by atoms with Gasteiger partial charge in [0.1, 0.15) is 6.61 Å². The molecule has 1 N–H and O–H groups in total. The van der Waals surface area contributed by atoms with E-state index in [9.17, 15) is 10.1 Å². The number of nitrogens with one attached hydrogen (secondary N) is 1. The molecule has 0 unspecified atom stereocenters. The second kappa shape index (κ2) is 11.5.